The maximum atomic E-state index is 14.8. The summed E-state index contributed by atoms with van der Waals surface area (Å²) in [6.45, 7) is 3.10. The molecule has 3 aliphatic rings. The van der Waals surface area contributed by atoms with Crippen LogP contribution in [0.25, 0.3) is 0 Å². The van der Waals surface area contributed by atoms with Crippen LogP contribution in [0.15, 0.2) is 41.5 Å². The van der Waals surface area contributed by atoms with Crippen molar-refractivity contribution in [3.63, 3.8) is 0 Å². The van der Waals surface area contributed by atoms with Crippen LogP contribution in [-0.2, 0) is 14.3 Å². The third-order valence-electron chi connectivity index (χ3n) is 6.05. The van der Waals surface area contributed by atoms with Gasteiger partial charge in [0.25, 0.3) is 0 Å². The summed E-state index contributed by atoms with van der Waals surface area (Å²) in [7, 11) is 0. The van der Waals surface area contributed by atoms with Crippen molar-refractivity contribution in [1.82, 2.24) is 4.98 Å². The molecule has 2 aliphatic heterocycles. The first-order valence-electron chi connectivity index (χ1n) is 10.7. The summed E-state index contributed by atoms with van der Waals surface area (Å²) >= 11 is 1.40. The number of Topliss-reactive ketones (excluding diaryl/α,β-unsaturated/α-hetero) is 1. The molecule has 0 bridgehead atoms. The van der Waals surface area contributed by atoms with Gasteiger partial charge in [0.05, 0.1) is 24.4 Å². The monoisotopic (exact) mass is 458 g/mol. The highest BCUT2D eigenvalue weighted by Crippen LogP contribution is 2.46. The summed E-state index contributed by atoms with van der Waals surface area (Å²) in [4.78, 5) is 32.6. The number of piperidine rings is 1. The number of esters is 1. The van der Waals surface area contributed by atoms with E-state index in [0.29, 0.717) is 42.0 Å². The molecule has 0 N–H and O–H groups in total. The number of halogens is 1. The van der Waals surface area contributed by atoms with Crippen molar-refractivity contribution >= 4 is 28.8 Å². The second kappa shape index (κ2) is 8.54. The molecule has 1 fully saturated rings. The quantitative estimate of drug-likeness (QED) is 0.649. The lowest BCUT2D eigenvalue weighted by Crippen LogP contribution is -2.51. The molecule has 0 radical (unpaired) electrons. The summed E-state index contributed by atoms with van der Waals surface area (Å²) in [6, 6.07) is 5.51. The van der Waals surface area contributed by atoms with Crippen molar-refractivity contribution in [2.45, 2.75) is 25.4 Å². The van der Waals surface area contributed by atoms with Gasteiger partial charge in [0.1, 0.15) is 24.4 Å². The SMILES string of the molecule is CCOC(=O)C1CC(F)C=C2C1C(=O)C(c1nccs1)CN2c1ccc2c(c1)OCCO2. The zero-order chi connectivity index (χ0) is 22.2. The number of hydrogen-bond donors (Lipinski definition) is 0. The summed E-state index contributed by atoms with van der Waals surface area (Å²) in [5.41, 5.74) is 1.24. The number of thiazole rings is 1. The number of benzene rings is 1. The lowest BCUT2D eigenvalue weighted by molar-refractivity contribution is -0.153. The highest BCUT2D eigenvalue weighted by molar-refractivity contribution is 7.09. The van der Waals surface area contributed by atoms with Crippen LogP contribution in [0.5, 0.6) is 11.5 Å². The Labute approximate surface area is 188 Å². The van der Waals surface area contributed by atoms with E-state index in [9.17, 15) is 14.0 Å². The Kier molecular flexibility index (Phi) is 5.58. The Morgan fingerprint density at radius 1 is 1.31 bits per heavy atom. The maximum Gasteiger partial charge on any atom is 0.310 e. The predicted molar refractivity (Wildman–Crippen MR) is 116 cm³/mol. The number of alkyl halides is 1. The fourth-order valence-electron chi connectivity index (χ4n) is 4.68. The predicted octanol–water partition coefficient (Wildman–Crippen LogP) is 3.51. The van der Waals surface area contributed by atoms with Crippen LogP contribution in [-0.4, -0.2) is 49.3 Å². The van der Waals surface area contributed by atoms with E-state index >= 15 is 0 Å². The molecule has 1 aromatic heterocycles. The number of allylic oxidation sites excluding steroid dienone is 2. The minimum atomic E-state index is -1.35. The standard InChI is InChI=1S/C23H23FN2O5S/c1-2-29-23(28)15-9-13(24)10-17-20(15)21(27)16(22-25-5-8-32-22)12-26(17)14-3-4-18-19(11-14)31-7-6-30-18/h3-5,8,10-11,13,15-16,20H,2,6-7,9,12H2,1H3. The van der Waals surface area contributed by atoms with E-state index in [2.05, 4.69) is 4.98 Å². The number of anilines is 1. The Balaban J connectivity index is 1.59. The largest absolute Gasteiger partial charge is 0.486 e. The van der Waals surface area contributed by atoms with E-state index < -0.39 is 29.9 Å². The fraction of sp³-hybridized carbons (Fsp3) is 0.435. The van der Waals surface area contributed by atoms with Crippen molar-refractivity contribution in [3.8, 4) is 11.5 Å². The molecule has 32 heavy (non-hydrogen) atoms. The molecule has 0 saturated carbocycles. The number of carbonyl (C=O) groups excluding carboxylic acids is 2. The van der Waals surface area contributed by atoms with E-state index in [1.54, 1.807) is 13.1 Å². The first-order valence-corrected chi connectivity index (χ1v) is 11.6. The minimum Gasteiger partial charge on any atom is -0.486 e. The minimum absolute atomic E-state index is 0.0711. The highest BCUT2D eigenvalue weighted by atomic mass is 32.1. The summed E-state index contributed by atoms with van der Waals surface area (Å²) in [6.07, 6.45) is 1.71. The summed E-state index contributed by atoms with van der Waals surface area (Å²) in [5.74, 6) is -1.61. The average Bonchev–Trinajstić information content (AvgIpc) is 3.33. The van der Waals surface area contributed by atoms with Crippen LogP contribution in [0.1, 0.15) is 24.3 Å². The van der Waals surface area contributed by atoms with Gasteiger partial charge in [0.2, 0.25) is 0 Å². The van der Waals surface area contributed by atoms with Gasteiger partial charge in [0.15, 0.2) is 17.3 Å². The summed E-state index contributed by atoms with van der Waals surface area (Å²) < 4.78 is 31.4. The fourth-order valence-corrected chi connectivity index (χ4v) is 5.42. The lowest BCUT2D eigenvalue weighted by atomic mass is 9.72. The van der Waals surface area contributed by atoms with Gasteiger partial charge in [-0.15, -0.1) is 11.3 Å². The second-order valence-corrected chi connectivity index (χ2v) is 8.87. The van der Waals surface area contributed by atoms with Crippen molar-refractivity contribution in [1.29, 1.82) is 0 Å². The Morgan fingerprint density at radius 2 is 2.12 bits per heavy atom. The number of nitrogens with zero attached hydrogens (tertiary/aromatic N) is 2. The number of ether oxygens (including phenoxy) is 3. The van der Waals surface area contributed by atoms with E-state index in [1.807, 2.05) is 28.5 Å². The molecule has 5 rings (SSSR count). The van der Waals surface area contributed by atoms with Crippen LogP contribution in [0.4, 0.5) is 10.1 Å². The topological polar surface area (TPSA) is 78.0 Å². The van der Waals surface area contributed by atoms with Crippen molar-refractivity contribution in [2.75, 3.05) is 31.3 Å². The Bertz CT molecular complexity index is 1060. The van der Waals surface area contributed by atoms with Crippen LogP contribution >= 0.6 is 11.3 Å². The first kappa shape index (κ1) is 20.9. The molecule has 3 heterocycles. The third-order valence-corrected chi connectivity index (χ3v) is 6.94. The molecule has 1 aliphatic carbocycles. The average molecular weight is 459 g/mol. The molecular weight excluding hydrogens is 435 g/mol. The smallest absolute Gasteiger partial charge is 0.310 e. The van der Waals surface area contributed by atoms with Gasteiger partial charge in [0, 0.05) is 35.6 Å². The van der Waals surface area contributed by atoms with Crippen molar-refractivity contribution in [3.05, 3.63) is 46.6 Å². The molecule has 9 heteroatoms. The molecular formula is C23H23FN2O5S. The van der Waals surface area contributed by atoms with E-state index in [-0.39, 0.29) is 18.8 Å². The van der Waals surface area contributed by atoms with Crippen LogP contribution in [0.3, 0.4) is 0 Å². The van der Waals surface area contributed by atoms with Gasteiger partial charge < -0.3 is 19.1 Å². The van der Waals surface area contributed by atoms with E-state index in [1.165, 1.54) is 17.4 Å². The first-order chi connectivity index (χ1) is 15.6. The normalized spacial score (nSPS) is 26.9. The van der Waals surface area contributed by atoms with Crippen LogP contribution in [0, 0.1) is 11.8 Å². The molecule has 0 spiro atoms. The van der Waals surface area contributed by atoms with Gasteiger partial charge >= 0.3 is 5.97 Å². The zero-order valence-electron chi connectivity index (χ0n) is 17.5. The molecule has 4 unspecified atom stereocenters. The number of fused-ring (bicyclic) bond motifs is 2. The molecule has 168 valence electrons. The maximum absolute atomic E-state index is 14.8. The molecule has 1 saturated heterocycles. The molecule has 1 aromatic carbocycles. The van der Waals surface area contributed by atoms with E-state index in [4.69, 9.17) is 14.2 Å². The second-order valence-electron chi connectivity index (χ2n) is 7.94. The van der Waals surface area contributed by atoms with Crippen LogP contribution in [0.2, 0.25) is 0 Å². The van der Waals surface area contributed by atoms with Gasteiger partial charge in [-0.1, -0.05) is 0 Å². The van der Waals surface area contributed by atoms with Crippen molar-refractivity contribution in [2.24, 2.45) is 11.8 Å². The number of rotatable bonds is 4. The molecule has 4 atom stereocenters. The van der Waals surface area contributed by atoms with Gasteiger partial charge in [-0.3, -0.25) is 9.59 Å². The van der Waals surface area contributed by atoms with Gasteiger partial charge in [-0.25, -0.2) is 9.37 Å². The Morgan fingerprint density at radius 3 is 2.88 bits per heavy atom. The molecule has 7 nitrogen and oxygen atoms in total. The van der Waals surface area contributed by atoms with Crippen LogP contribution < -0.4 is 14.4 Å². The van der Waals surface area contributed by atoms with E-state index in [0.717, 1.165) is 5.69 Å². The Hall–Kier alpha value is -2.94. The number of hydrogen-bond acceptors (Lipinski definition) is 8. The van der Waals surface area contributed by atoms with Gasteiger partial charge in [-0.2, -0.15) is 0 Å². The van der Waals surface area contributed by atoms with Crippen molar-refractivity contribution < 1.29 is 28.2 Å². The molecule has 2 aromatic rings. The number of ketones is 1. The zero-order valence-corrected chi connectivity index (χ0v) is 18.3. The molecule has 0 amide bonds. The third kappa shape index (κ3) is 3.64. The lowest BCUT2D eigenvalue weighted by Gasteiger charge is -2.44. The number of aromatic nitrogens is 1. The summed E-state index contributed by atoms with van der Waals surface area (Å²) in [5, 5.41) is 2.51. The highest BCUT2D eigenvalue weighted by Gasteiger charge is 2.50. The van der Waals surface area contributed by atoms with Gasteiger partial charge in [-0.05, 0) is 31.6 Å². The number of carbonyl (C=O) groups is 2.